The lowest BCUT2D eigenvalue weighted by molar-refractivity contribution is -0.0640. The number of hydrogen-bond acceptors (Lipinski definition) is 3. The molecule has 1 aromatic heterocycles. The van der Waals surface area contributed by atoms with Gasteiger partial charge in [0.15, 0.2) is 0 Å². The van der Waals surface area contributed by atoms with Crippen molar-refractivity contribution >= 4 is 22.3 Å². The fourth-order valence-electron chi connectivity index (χ4n) is 13.3. The molecule has 46 heavy (non-hydrogen) atoms. The molecule has 3 aromatic carbocycles. The first-order valence-corrected chi connectivity index (χ1v) is 18.6. The lowest BCUT2D eigenvalue weighted by atomic mass is 9.47. The Kier molecular flexibility index (Phi) is 6.39. The Bertz CT molecular complexity index is 1530. The zero-order valence-electron chi connectivity index (χ0n) is 27.2. The van der Waals surface area contributed by atoms with Gasteiger partial charge in [-0.3, -0.25) is 4.98 Å². The van der Waals surface area contributed by atoms with Crippen LogP contribution in [0, 0.1) is 46.3 Å². The maximum Gasteiger partial charge on any atom is 0.0954 e. The van der Waals surface area contributed by atoms with E-state index in [1.807, 2.05) is 0 Å². The van der Waals surface area contributed by atoms with Crippen molar-refractivity contribution in [2.75, 3.05) is 10.6 Å². The van der Waals surface area contributed by atoms with E-state index in [-0.39, 0.29) is 0 Å². The second-order valence-electron chi connectivity index (χ2n) is 17.1. The smallest absolute Gasteiger partial charge is 0.0954 e. The fourth-order valence-corrected chi connectivity index (χ4v) is 13.3. The van der Waals surface area contributed by atoms with Gasteiger partial charge in [0.05, 0.1) is 23.3 Å². The van der Waals surface area contributed by atoms with E-state index in [0.717, 1.165) is 41.0 Å². The number of para-hydroxylation sites is 1. The molecule has 3 nitrogen and oxygen atoms in total. The highest BCUT2D eigenvalue weighted by molar-refractivity contribution is 5.98. The summed E-state index contributed by atoms with van der Waals surface area (Å²) in [5.74, 6) is 5.51. The van der Waals surface area contributed by atoms with E-state index >= 15 is 0 Å². The van der Waals surface area contributed by atoms with E-state index in [1.165, 1.54) is 105 Å². The first kappa shape index (κ1) is 27.8. The van der Waals surface area contributed by atoms with Gasteiger partial charge in [-0.1, -0.05) is 72.8 Å². The van der Waals surface area contributed by atoms with Crippen molar-refractivity contribution in [3.63, 3.8) is 0 Å². The molecule has 4 aromatic rings. The third-order valence-electron chi connectivity index (χ3n) is 14.0. The summed E-state index contributed by atoms with van der Waals surface area (Å²) in [7, 11) is 0. The SMILES string of the molecule is c1ccc(C(Nc2ccnc3c(NC(c4ccccc4)C45CC6CC(CC(C6)C4)C5)cccc23)C23CC4CC(CC(C4)C2)C3)cc1. The van der Waals surface area contributed by atoms with Crippen LogP contribution >= 0.6 is 0 Å². The van der Waals surface area contributed by atoms with Crippen molar-refractivity contribution in [2.24, 2.45) is 46.3 Å². The van der Waals surface area contributed by atoms with Gasteiger partial charge < -0.3 is 10.6 Å². The Labute approximate surface area is 275 Å². The standard InChI is InChI=1S/C43H49N3/c1-3-8-34(9-4-1)40(42-22-28-16-29(23-42)18-30(17-28)24-42)45-37-14-15-44-39-36(37)12-7-13-38(39)46-41(35-10-5-2-6-11-35)43-25-31-19-32(26-43)21-33(20-31)27-43/h1-15,28-33,40-41,46H,16-27H2,(H,44,45). The van der Waals surface area contributed by atoms with Crippen LogP contribution in [0.25, 0.3) is 10.9 Å². The monoisotopic (exact) mass is 607 g/mol. The molecule has 2 unspecified atom stereocenters. The van der Waals surface area contributed by atoms with Crippen LogP contribution in [0.15, 0.2) is 91.1 Å². The van der Waals surface area contributed by atoms with Crippen molar-refractivity contribution in [1.82, 2.24) is 4.98 Å². The van der Waals surface area contributed by atoms with Crippen molar-refractivity contribution in [1.29, 1.82) is 0 Å². The zero-order chi connectivity index (χ0) is 30.3. The summed E-state index contributed by atoms with van der Waals surface area (Å²) in [6.45, 7) is 0. The van der Waals surface area contributed by atoms with Crippen LogP contribution < -0.4 is 10.6 Å². The minimum Gasteiger partial charge on any atom is -0.377 e. The second-order valence-corrected chi connectivity index (χ2v) is 17.1. The zero-order valence-corrected chi connectivity index (χ0v) is 27.2. The van der Waals surface area contributed by atoms with Crippen LogP contribution in [-0.4, -0.2) is 4.98 Å². The Hall–Kier alpha value is -3.33. The van der Waals surface area contributed by atoms with E-state index in [4.69, 9.17) is 4.98 Å². The normalized spacial score (nSPS) is 36.5. The molecule has 1 heterocycles. The third-order valence-corrected chi connectivity index (χ3v) is 14.0. The molecule has 8 aliphatic carbocycles. The molecule has 8 fully saturated rings. The van der Waals surface area contributed by atoms with E-state index < -0.39 is 0 Å². The van der Waals surface area contributed by atoms with Gasteiger partial charge in [-0.25, -0.2) is 0 Å². The highest BCUT2D eigenvalue weighted by Crippen LogP contribution is 2.66. The van der Waals surface area contributed by atoms with Crippen molar-refractivity contribution in [3.8, 4) is 0 Å². The molecular formula is C43H49N3. The van der Waals surface area contributed by atoms with Crippen molar-refractivity contribution < 1.29 is 0 Å². The van der Waals surface area contributed by atoms with Crippen LogP contribution in [-0.2, 0) is 0 Å². The number of fused-ring (bicyclic) bond motifs is 1. The summed E-state index contributed by atoms with van der Waals surface area (Å²) in [4.78, 5) is 5.10. The molecule has 0 saturated heterocycles. The Morgan fingerprint density at radius 1 is 0.478 bits per heavy atom. The first-order chi connectivity index (χ1) is 22.6. The number of hydrogen-bond donors (Lipinski definition) is 2. The van der Waals surface area contributed by atoms with Gasteiger partial charge in [-0.2, -0.15) is 0 Å². The molecule has 2 atom stereocenters. The number of nitrogens with one attached hydrogen (secondary N) is 2. The predicted octanol–water partition coefficient (Wildman–Crippen LogP) is 11.0. The highest BCUT2D eigenvalue weighted by Gasteiger charge is 2.56. The average Bonchev–Trinajstić information content (AvgIpc) is 3.05. The molecule has 8 aliphatic rings. The lowest BCUT2D eigenvalue weighted by Gasteiger charge is -2.59. The summed E-state index contributed by atoms with van der Waals surface area (Å²) in [6.07, 6.45) is 19.2. The molecule has 2 N–H and O–H groups in total. The maximum atomic E-state index is 5.10. The average molecular weight is 608 g/mol. The summed E-state index contributed by atoms with van der Waals surface area (Å²) in [5, 5.41) is 9.72. The van der Waals surface area contributed by atoms with Gasteiger partial charge in [0.25, 0.3) is 0 Å². The van der Waals surface area contributed by atoms with Crippen LogP contribution in [0.2, 0.25) is 0 Å². The summed E-state index contributed by atoms with van der Waals surface area (Å²) in [5.41, 5.74) is 7.12. The Balaban J connectivity index is 1.03. The number of nitrogens with zero attached hydrogens (tertiary/aromatic N) is 1. The van der Waals surface area contributed by atoms with Gasteiger partial charge in [0, 0.05) is 17.3 Å². The predicted molar refractivity (Wildman–Crippen MR) is 189 cm³/mol. The van der Waals surface area contributed by atoms with Crippen molar-refractivity contribution in [2.45, 2.75) is 89.1 Å². The number of anilines is 2. The minimum atomic E-state index is 0.315. The van der Waals surface area contributed by atoms with E-state index in [2.05, 4.69) is 102 Å². The molecule has 12 rings (SSSR count). The summed E-state index contributed by atoms with van der Waals surface area (Å²) >= 11 is 0. The largest absolute Gasteiger partial charge is 0.377 e. The first-order valence-electron chi connectivity index (χ1n) is 18.6. The second kappa shape index (κ2) is 10.6. The van der Waals surface area contributed by atoms with Gasteiger partial charge in [0.1, 0.15) is 0 Å². The highest BCUT2D eigenvalue weighted by atomic mass is 15.0. The van der Waals surface area contributed by atoms with Gasteiger partial charge >= 0.3 is 0 Å². The molecule has 0 spiro atoms. The van der Waals surface area contributed by atoms with E-state index in [1.54, 1.807) is 0 Å². The van der Waals surface area contributed by atoms with Crippen LogP contribution in [0.3, 0.4) is 0 Å². The van der Waals surface area contributed by atoms with Gasteiger partial charge in [-0.05, 0) is 147 Å². The lowest BCUT2D eigenvalue weighted by Crippen LogP contribution is -2.50. The molecule has 0 amide bonds. The van der Waals surface area contributed by atoms with Crippen LogP contribution in [0.5, 0.6) is 0 Å². The Morgan fingerprint density at radius 3 is 1.37 bits per heavy atom. The number of rotatable bonds is 8. The molecule has 0 aliphatic heterocycles. The molecule has 0 radical (unpaired) electrons. The van der Waals surface area contributed by atoms with E-state index in [0.29, 0.717) is 22.9 Å². The summed E-state index contributed by atoms with van der Waals surface area (Å²) in [6, 6.07) is 32.6. The summed E-state index contributed by atoms with van der Waals surface area (Å²) < 4.78 is 0. The van der Waals surface area contributed by atoms with Crippen molar-refractivity contribution in [3.05, 3.63) is 102 Å². The molecule has 8 saturated carbocycles. The van der Waals surface area contributed by atoms with E-state index in [9.17, 15) is 0 Å². The molecule has 3 heteroatoms. The third kappa shape index (κ3) is 4.54. The molecule has 8 bridgehead atoms. The molecule has 236 valence electrons. The quantitative estimate of drug-likeness (QED) is 0.209. The maximum absolute atomic E-state index is 5.10. The Morgan fingerprint density at radius 2 is 0.913 bits per heavy atom. The fraction of sp³-hybridized carbons (Fsp3) is 0.512. The number of pyridine rings is 1. The van der Waals surface area contributed by atoms with Crippen LogP contribution in [0.1, 0.15) is 100 Å². The minimum absolute atomic E-state index is 0.315. The van der Waals surface area contributed by atoms with Gasteiger partial charge in [0.2, 0.25) is 0 Å². The number of aromatic nitrogens is 1. The van der Waals surface area contributed by atoms with Gasteiger partial charge in [-0.15, -0.1) is 0 Å². The van der Waals surface area contributed by atoms with Crippen LogP contribution in [0.4, 0.5) is 11.4 Å². The number of benzene rings is 3. The topological polar surface area (TPSA) is 37.0 Å². The molecular weight excluding hydrogens is 558 g/mol.